The monoisotopic (exact) mass is 558 g/mol. The first kappa shape index (κ1) is 27.3. The van der Waals surface area contributed by atoms with Crippen LogP contribution in [0.4, 0.5) is 8.78 Å². The topological polar surface area (TPSA) is 80.9 Å². The first-order chi connectivity index (χ1) is 19.2. The molecule has 0 unspecified atom stereocenters. The van der Waals surface area contributed by atoms with Crippen LogP contribution in [0, 0.1) is 25.6 Å². The summed E-state index contributed by atoms with van der Waals surface area (Å²) in [5.74, 6) is -1.34. The normalized spacial score (nSPS) is 11.2. The second-order valence-electron chi connectivity index (χ2n) is 9.52. The van der Waals surface area contributed by atoms with E-state index in [4.69, 9.17) is 0 Å². The largest absolute Gasteiger partial charge is 0.493 e. The van der Waals surface area contributed by atoms with Gasteiger partial charge in [0, 0.05) is 28.6 Å². The van der Waals surface area contributed by atoms with Gasteiger partial charge in [0.25, 0.3) is 5.56 Å². The van der Waals surface area contributed by atoms with Crippen LogP contribution in [0.2, 0.25) is 0 Å². The van der Waals surface area contributed by atoms with Gasteiger partial charge in [0.1, 0.15) is 11.5 Å². The van der Waals surface area contributed by atoms with Gasteiger partial charge in [0.2, 0.25) is 11.8 Å². The van der Waals surface area contributed by atoms with Gasteiger partial charge in [0.15, 0.2) is 5.82 Å². The molecule has 0 spiro atoms. The summed E-state index contributed by atoms with van der Waals surface area (Å²) in [6, 6.07) is 13.2. The van der Waals surface area contributed by atoms with Crippen molar-refractivity contribution in [3.63, 3.8) is 0 Å². The quantitative estimate of drug-likeness (QED) is 0.224. The SMILES string of the molecule is CCc1cccc(CC)c1-n1c(-c2csc(C)n2)nc(O)c(Cc2ccc(-c3ccc(F)nc3C)c(F)c2)c1=O. The van der Waals surface area contributed by atoms with Crippen molar-refractivity contribution in [1.82, 2.24) is 19.5 Å². The predicted molar refractivity (Wildman–Crippen MR) is 153 cm³/mol. The summed E-state index contributed by atoms with van der Waals surface area (Å²) in [6.45, 7) is 7.52. The molecule has 0 aliphatic carbocycles. The van der Waals surface area contributed by atoms with Crippen LogP contribution >= 0.6 is 11.3 Å². The summed E-state index contributed by atoms with van der Waals surface area (Å²) in [7, 11) is 0. The Morgan fingerprint density at radius 3 is 2.23 bits per heavy atom. The van der Waals surface area contributed by atoms with Crippen LogP contribution in [0.25, 0.3) is 28.3 Å². The van der Waals surface area contributed by atoms with E-state index in [-0.39, 0.29) is 23.4 Å². The van der Waals surface area contributed by atoms with Crippen LogP contribution in [0.1, 0.15) is 46.8 Å². The van der Waals surface area contributed by atoms with Crippen LogP contribution in [0.15, 0.2) is 58.7 Å². The van der Waals surface area contributed by atoms with E-state index in [0.29, 0.717) is 35.4 Å². The Morgan fingerprint density at radius 2 is 1.62 bits per heavy atom. The van der Waals surface area contributed by atoms with Gasteiger partial charge < -0.3 is 5.11 Å². The van der Waals surface area contributed by atoms with E-state index in [1.165, 1.54) is 29.5 Å². The molecule has 40 heavy (non-hydrogen) atoms. The molecule has 3 heterocycles. The molecule has 0 aliphatic rings. The van der Waals surface area contributed by atoms with Crippen molar-refractivity contribution >= 4 is 11.3 Å². The molecule has 0 aliphatic heterocycles. The molecule has 2 aromatic carbocycles. The Hall–Kier alpha value is -4.24. The molecule has 3 aromatic heterocycles. The highest BCUT2D eigenvalue weighted by atomic mass is 32.1. The summed E-state index contributed by atoms with van der Waals surface area (Å²) in [4.78, 5) is 27.0. The molecule has 0 radical (unpaired) electrons. The lowest BCUT2D eigenvalue weighted by atomic mass is 9.99. The molecule has 0 saturated heterocycles. The van der Waals surface area contributed by atoms with Gasteiger partial charge in [-0.15, -0.1) is 11.3 Å². The van der Waals surface area contributed by atoms with Crippen LogP contribution in [0.5, 0.6) is 5.88 Å². The highest BCUT2D eigenvalue weighted by molar-refractivity contribution is 7.09. The molecule has 204 valence electrons. The lowest BCUT2D eigenvalue weighted by Gasteiger charge is -2.19. The fraction of sp³-hybridized carbons (Fsp3) is 0.226. The predicted octanol–water partition coefficient (Wildman–Crippen LogP) is 6.73. The minimum atomic E-state index is -0.635. The molecule has 1 N–H and O–H groups in total. The second kappa shape index (κ2) is 11.1. The molecule has 0 fully saturated rings. The number of aromatic nitrogens is 4. The zero-order valence-electron chi connectivity index (χ0n) is 22.6. The maximum atomic E-state index is 15.3. The van der Waals surface area contributed by atoms with Gasteiger partial charge in [-0.25, -0.2) is 14.4 Å². The molecule has 0 bridgehead atoms. The standard InChI is InChI=1S/C31H28F2N4O2S/c1-5-20-8-7-9-21(6-2)28(20)37-29(26-16-40-18(4)35-26)36-30(38)24(31(37)39)14-19-10-11-23(25(32)15-19)22-12-13-27(33)34-17(22)3/h7-13,15-16,38H,5-6,14H2,1-4H3. The van der Waals surface area contributed by atoms with Crippen molar-refractivity contribution in [2.45, 2.75) is 47.0 Å². The number of nitrogens with zero attached hydrogens (tertiary/aromatic N) is 4. The van der Waals surface area contributed by atoms with Crippen molar-refractivity contribution in [3.8, 4) is 34.2 Å². The maximum absolute atomic E-state index is 15.3. The Labute approximate surface area is 234 Å². The van der Waals surface area contributed by atoms with Gasteiger partial charge in [0.05, 0.1) is 16.3 Å². The van der Waals surface area contributed by atoms with E-state index < -0.39 is 23.2 Å². The van der Waals surface area contributed by atoms with Crippen molar-refractivity contribution in [2.75, 3.05) is 0 Å². The molecular formula is C31H28F2N4O2S. The summed E-state index contributed by atoms with van der Waals surface area (Å²) < 4.78 is 30.3. The number of thiazole rings is 1. The fourth-order valence-electron chi connectivity index (χ4n) is 4.95. The molecule has 0 atom stereocenters. The van der Waals surface area contributed by atoms with Crippen LogP contribution in [-0.2, 0) is 19.3 Å². The number of rotatable bonds is 7. The first-order valence-electron chi connectivity index (χ1n) is 13.0. The number of hydrogen-bond donors (Lipinski definition) is 1. The van der Waals surface area contributed by atoms with E-state index in [1.807, 2.05) is 44.4 Å². The molecular weight excluding hydrogens is 530 g/mol. The minimum Gasteiger partial charge on any atom is -0.493 e. The molecule has 0 amide bonds. The van der Waals surface area contributed by atoms with E-state index >= 15 is 4.39 Å². The molecule has 0 saturated carbocycles. The number of benzene rings is 2. The third-order valence-electron chi connectivity index (χ3n) is 6.95. The number of aryl methyl sites for hydroxylation is 4. The maximum Gasteiger partial charge on any atom is 0.265 e. The summed E-state index contributed by atoms with van der Waals surface area (Å²) in [5.41, 5.74) is 4.36. The zero-order valence-corrected chi connectivity index (χ0v) is 23.4. The minimum absolute atomic E-state index is 0.0400. The van der Waals surface area contributed by atoms with Crippen LogP contribution in [0.3, 0.4) is 0 Å². The lowest BCUT2D eigenvalue weighted by Crippen LogP contribution is -2.27. The Kier molecular flexibility index (Phi) is 7.58. The average molecular weight is 559 g/mol. The number of halogens is 2. The van der Waals surface area contributed by atoms with Crippen molar-refractivity contribution < 1.29 is 13.9 Å². The lowest BCUT2D eigenvalue weighted by molar-refractivity contribution is 0.443. The zero-order chi connectivity index (χ0) is 28.6. The van der Waals surface area contributed by atoms with E-state index in [1.54, 1.807) is 23.6 Å². The molecule has 6 nitrogen and oxygen atoms in total. The van der Waals surface area contributed by atoms with Gasteiger partial charge >= 0.3 is 0 Å². The number of aromatic hydroxyl groups is 1. The van der Waals surface area contributed by atoms with E-state index in [0.717, 1.165) is 21.8 Å². The van der Waals surface area contributed by atoms with Gasteiger partial charge in [-0.2, -0.15) is 9.37 Å². The molecule has 5 aromatic rings. The van der Waals surface area contributed by atoms with Gasteiger partial charge in [-0.05, 0) is 61.6 Å². The summed E-state index contributed by atoms with van der Waals surface area (Å²) >= 11 is 1.43. The van der Waals surface area contributed by atoms with E-state index in [2.05, 4.69) is 15.0 Å². The third-order valence-corrected chi connectivity index (χ3v) is 7.72. The smallest absolute Gasteiger partial charge is 0.265 e. The summed E-state index contributed by atoms with van der Waals surface area (Å²) in [5, 5.41) is 13.6. The van der Waals surface area contributed by atoms with Crippen molar-refractivity contribution in [1.29, 1.82) is 0 Å². The van der Waals surface area contributed by atoms with Crippen molar-refractivity contribution in [3.05, 3.63) is 109 Å². The highest BCUT2D eigenvalue weighted by Crippen LogP contribution is 2.31. The highest BCUT2D eigenvalue weighted by Gasteiger charge is 2.24. The molecule has 5 rings (SSSR count). The third kappa shape index (κ3) is 5.04. The van der Waals surface area contributed by atoms with Gasteiger partial charge in [-0.1, -0.05) is 44.2 Å². The number of pyridine rings is 1. The Morgan fingerprint density at radius 1 is 0.925 bits per heavy atom. The average Bonchev–Trinajstić information content (AvgIpc) is 3.37. The van der Waals surface area contributed by atoms with Crippen LogP contribution in [-0.4, -0.2) is 24.6 Å². The Bertz CT molecular complexity index is 1770. The number of hydrogen-bond acceptors (Lipinski definition) is 6. The molecule has 9 heteroatoms. The van der Waals surface area contributed by atoms with Gasteiger partial charge in [-0.3, -0.25) is 9.36 Å². The van der Waals surface area contributed by atoms with E-state index in [9.17, 15) is 14.3 Å². The van der Waals surface area contributed by atoms with Crippen molar-refractivity contribution in [2.24, 2.45) is 0 Å². The summed E-state index contributed by atoms with van der Waals surface area (Å²) in [6.07, 6.45) is 1.33. The second-order valence-corrected chi connectivity index (χ2v) is 10.6. The first-order valence-corrected chi connectivity index (χ1v) is 13.9. The van der Waals surface area contributed by atoms with Crippen LogP contribution < -0.4 is 5.56 Å². The fourth-order valence-corrected chi connectivity index (χ4v) is 5.54. The Balaban J connectivity index is 1.67. The number of para-hydroxylation sites is 1.